The SMILES string of the molecule is OC[C@@H]1CCCNN1. The van der Waals surface area contributed by atoms with E-state index >= 15 is 0 Å². The summed E-state index contributed by atoms with van der Waals surface area (Å²) in [6, 6.07) is 0.281. The van der Waals surface area contributed by atoms with Crippen LogP contribution in [0.15, 0.2) is 0 Å². The van der Waals surface area contributed by atoms with Crippen LogP contribution in [0.5, 0.6) is 0 Å². The van der Waals surface area contributed by atoms with Crippen LogP contribution in [0.4, 0.5) is 0 Å². The molecular weight excluding hydrogens is 104 g/mol. The van der Waals surface area contributed by atoms with Gasteiger partial charge in [0, 0.05) is 12.6 Å². The molecule has 1 saturated heterocycles. The highest BCUT2D eigenvalue weighted by molar-refractivity contribution is 4.67. The third-order valence-electron chi connectivity index (χ3n) is 1.38. The molecule has 0 bridgehead atoms. The Kier molecular flexibility index (Phi) is 2.27. The first kappa shape index (κ1) is 6.01. The van der Waals surface area contributed by atoms with Gasteiger partial charge in [0.25, 0.3) is 0 Å². The summed E-state index contributed by atoms with van der Waals surface area (Å²) in [6.45, 7) is 1.27. The van der Waals surface area contributed by atoms with Crippen molar-refractivity contribution in [2.24, 2.45) is 0 Å². The Morgan fingerprint density at radius 3 is 2.88 bits per heavy atom. The molecule has 0 saturated carbocycles. The van der Waals surface area contributed by atoms with Gasteiger partial charge in [0.05, 0.1) is 6.61 Å². The Morgan fingerprint density at radius 1 is 1.62 bits per heavy atom. The van der Waals surface area contributed by atoms with Crippen LogP contribution >= 0.6 is 0 Å². The van der Waals surface area contributed by atoms with Crippen LogP contribution in [0.2, 0.25) is 0 Å². The summed E-state index contributed by atoms with van der Waals surface area (Å²) in [4.78, 5) is 0. The van der Waals surface area contributed by atoms with Gasteiger partial charge in [0.1, 0.15) is 0 Å². The second-order valence-corrected chi connectivity index (χ2v) is 2.09. The molecule has 0 aromatic carbocycles. The van der Waals surface area contributed by atoms with Crippen molar-refractivity contribution in [1.29, 1.82) is 0 Å². The van der Waals surface area contributed by atoms with Gasteiger partial charge < -0.3 is 5.11 Å². The van der Waals surface area contributed by atoms with Crippen molar-refractivity contribution in [3.8, 4) is 0 Å². The predicted octanol–water partition coefficient (Wildman–Crippen LogP) is -0.765. The van der Waals surface area contributed by atoms with E-state index in [-0.39, 0.29) is 12.6 Å². The van der Waals surface area contributed by atoms with Crippen LogP contribution in [0.1, 0.15) is 12.8 Å². The molecule has 0 spiro atoms. The van der Waals surface area contributed by atoms with Crippen LogP contribution in [0.3, 0.4) is 0 Å². The zero-order valence-corrected chi connectivity index (χ0v) is 4.85. The van der Waals surface area contributed by atoms with Gasteiger partial charge in [-0.05, 0) is 12.8 Å². The van der Waals surface area contributed by atoms with Crippen molar-refractivity contribution in [3.63, 3.8) is 0 Å². The molecule has 0 aliphatic carbocycles. The number of hydrogen-bond donors (Lipinski definition) is 3. The van der Waals surface area contributed by atoms with E-state index in [1.165, 1.54) is 0 Å². The molecule has 1 heterocycles. The van der Waals surface area contributed by atoms with Crippen LogP contribution in [0, 0.1) is 0 Å². The Bertz CT molecular complexity index is 61.4. The zero-order chi connectivity index (χ0) is 5.82. The Morgan fingerprint density at radius 2 is 2.50 bits per heavy atom. The number of aliphatic hydroxyl groups excluding tert-OH is 1. The van der Waals surface area contributed by atoms with Gasteiger partial charge in [-0.2, -0.15) is 0 Å². The quantitative estimate of drug-likeness (QED) is 0.422. The zero-order valence-electron chi connectivity index (χ0n) is 4.85. The molecule has 3 nitrogen and oxygen atoms in total. The third kappa shape index (κ3) is 1.43. The van der Waals surface area contributed by atoms with Crippen LogP contribution in [-0.4, -0.2) is 24.3 Å². The molecule has 0 aromatic rings. The molecule has 1 aliphatic rings. The summed E-state index contributed by atoms with van der Waals surface area (Å²) < 4.78 is 0. The van der Waals surface area contributed by atoms with Gasteiger partial charge in [0.2, 0.25) is 0 Å². The topological polar surface area (TPSA) is 44.3 Å². The van der Waals surface area contributed by atoms with Gasteiger partial charge in [-0.3, -0.25) is 10.9 Å². The first-order valence-corrected chi connectivity index (χ1v) is 3.02. The number of aliphatic hydroxyl groups is 1. The molecule has 48 valence electrons. The number of hydrazine groups is 1. The van der Waals surface area contributed by atoms with Crippen molar-refractivity contribution in [2.75, 3.05) is 13.2 Å². The molecule has 1 aliphatic heterocycles. The molecule has 3 N–H and O–H groups in total. The molecular formula is C5H12N2O. The maximum absolute atomic E-state index is 8.59. The van der Waals surface area contributed by atoms with Gasteiger partial charge in [-0.15, -0.1) is 0 Å². The normalized spacial score (nSPS) is 30.4. The molecule has 3 heteroatoms. The van der Waals surface area contributed by atoms with Crippen molar-refractivity contribution >= 4 is 0 Å². The molecule has 0 radical (unpaired) electrons. The summed E-state index contributed by atoms with van der Waals surface area (Å²) in [7, 11) is 0. The molecule has 8 heavy (non-hydrogen) atoms. The van der Waals surface area contributed by atoms with Gasteiger partial charge in [-0.25, -0.2) is 0 Å². The van der Waals surface area contributed by atoms with Gasteiger partial charge in [0.15, 0.2) is 0 Å². The average Bonchev–Trinajstić information content (AvgIpc) is 1.90. The van der Waals surface area contributed by atoms with Crippen molar-refractivity contribution < 1.29 is 5.11 Å². The van der Waals surface area contributed by atoms with Crippen molar-refractivity contribution in [2.45, 2.75) is 18.9 Å². The molecule has 1 fully saturated rings. The maximum Gasteiger partial charge on any atom is 0.0598 e. The highest BCUT2D eigenvalue weighted by Crippen LogP contribution is 1.97. The molecule has 0 aromatic heterocycles. The van der Waals surface area contributed by atoms with Gasteiger partial charge in [-0.1, -0.05) is 0 Å². The monoisotopic (exact) mass is 116 g/mol. The van der Waals surface area contributed by atoms with Crippen LogP contribution in [0.25, 0.3) is 0 Å². The van der Waals surface area contributed by atoms with Crippen LogP contribution < -0.4 is 10.9 Å². The van der Waals surface area contributed by atoms with Gasteiger partial charge >= 0.3 is 0 Å². The van der Waals surface area contributed by atoms with E-state index in [9.17, 15) is 0 Å². The first-order chi connectivity index (χ1) is 3.93. The standard InChI is InChI=1S/C5H12N2O/c8-4-5-2-1-3-6-7-5/h5-8H,1-4H2/t5-/m0/s1. The summed E-state index contributed by atoms with van der Waals surface area (Å²) >= 11 is 0. The smallest absolute Gasteiger partial charge is 0.0598 e. The predicted molar refractivity (Wildman–Crippen MR) is 31.2 cm³/mol. The van der Waals surface area contributed by atoms with E-state index in [4.69, 9.17) is 5.11 Å². The van der Waals surface area contributed by atoms with E-state index < -0.39 is 0 Å². The fourth-order valence-corrected chi connectivity index (χ4v) is 0.862. The molecule has 1 atom stereocenters. The highest BCUT2D eigenvalue weighted by atomic mass is 16.3. The lowest BCUT2D eigenvalue weighted by atomic mass is 10.1. The Hall–Kier alpha value is -0.120. The minimum atomic E-state index is 0.243. The minimum absolute atomic E-state index is 0.243. The minimum Gasteiger partial charge on any atom is -0.395 e. The van der Waals surface area contributed by atoms with Crippen molar-refractivity contribution in [3.05, 3.63) is 0 Å². The van der Waals surface area contributed by atoms with E-state index in [2.05, 4.69) is 10.9 Å². The second-order valence-electron chi connectivity index (χ2n) is 2.09. The third-order valence-corrected chi connectivity index (χ3v) is 1.38. The number of hydrogen-bond acceptors (Lipinski definition) is 3. The van der Waals surface area contributed by atoms with E-state index in [1.807, 2.05) is 0 Å². The Labute approximate surface area is 49.1 Å². The fraction of sp³-hybridized carbons (Fsp3) is 1.00. The average molecular weight is 116 g/mol. The van der Waals surface area contributed by atoms with E-state index in [0.29, 0.717) is 0 Å². The highest BCUT2D eigenvalue weighted by Gasteiger charge is 2.08. The summed E-state index contributed by atoms with van der Waals surface area (Å²) in [6.07, 6.45) is 2.25. The molecule has 1 rings (SSSR count). The summed E-state index contributed by atoms with van der Waals surface area (Å²) in [5.74, 6) is 0. The van der Waals surface area contributed by atoms with E-state index in [0.717, 1.165) is 19.4 Å². The number of nitrogens with one attached hydrogen (secondary N) is 2. The molecule has 0 unspecified atom stereocenters. The van der Waals surface area contributed by atoms with Crippen LogP contribution in [-0.2, 0) is 0 Å². The number of rotatable bonds is 1. The lowest BCUT2D eigenvalue weighted by molar-refractivity contribution is 0.202. The lowest BCUT2D eigenvalue weighted by Gasteiger charge is -2.21. The largest absolute Gasteiger partial charge is 0.395 e. The Balaban J connectivity index is 2.13. The first-order valence-electron chi connectivity index (χ1n) is 3.02. The summed E-state index contributed by atoms with van der Waals surface area (Å²) in [5, 5.41) is 8.59. The van der Waals surface area contributed by atoms with E-state index in [1.54, 1.807) is 0 Å². The second kappa shape index (κ2) is 3.02. The maximum atomic E-state index is 8.59. The van der Waals surface area contributed by atoms with Crippen molar-refractivity contribution in [1.82, 2.24) is 10.9 Å². The lowest BCUT2D eigenvalue weighted by Crippen LogP contribution is -2.47. The molecule has 0 amide bonds. The summed E-state index contributed by atoms with van der Waals surface area (Å²) in [5.41, 5.74) is 5.94. The fourth-order valence-electron chi connectivity index (χ4n) is 0.862.